The second-order valence-electron chi connectivity index (χ2n) is 5.35. The van der Waals surface area contributed by atoms with Gasteiger partial charge in [-0.15, -0.1) is 0 Å². The van der Waals surface area contributed by atoms with Crippen LogP contribution < -0.4 is 4.74 Å². The minimum absolute atomic E-state index is 0.336. The fourth-order valence-corrected chi connectivity index (χ4v) is 2.11. The molecule has 0 spiro atoms. The first kappa shape index (κ1) is 17.0. The van der Waals surface area contributed by atoms with Crippen molar-refractivity contribution in [2.24, 2.45) is 0 Å². The molecule has 0 bridgehead atoms. The van der Waals surface area contributed by atoms with Gasteiger partial charge in [0.25, 0.3) is 0 Å². The molecule has 0 atom stereocenters. The van der Waals surface area contributed by atoms with Gasteiger partial charge in [-0.3, -0.25) is 4.90 Å². The molecule has 2 aromatic rings. The van der Waals surface area contributed by atoms with E-state index in [4.69, 9.17) is 14.4 Å². The first-order valence-corrected chi connectivity index (χ1v) is 7.50. The van der Waals surface area contributed by atoms with Gasteiger partial charge in [-0.2, -0.15) is 4.98 Å². The SMILES string of the molecule is CCCc1nc(CN(C)Cc2ccc(OCC(=O)O)cc2)no1. The molecule has 1 aromatic heterocycles. The van der Waals surface area contributed by atoms with Crippen LogP contribution in [0.4, 0.5) is 0 Å². The van der Waals surface area contributed by atoms with E-state index in [1.54, 1.807) is 12.1 Å². The van der Waals surface area contributed by atoms with E-state index in [-0.39, 0.29) is 6.61 Å². The Morgan fingerprint density at radius 3 is 2.70 bits per heavy atom. The number of aliphatic carboxylic acids is 1. The third-order valence-electron chi connectivity index (χ3n) is 3.12. The number of aryl methyl sites for hydroxylation is 1. The van der Waals surface area contributed by atoms with Crippen molar-refractivity contribution < 1.29 is 19.2 Å². The Labute approximate surface area is 134 Å². The Kier molecular flexibility index (Phi) is 6.10. The highest BCUT2D eigenvalue weighted by Crippen LogP contribution is 2.14. The highest BCUT2D eigenvalue weighted by Gasteiger charge is 2.09. The second kappa shape index (κ2) is 8.28. The van der Waals surface area contributed by atoms with Gasteiger partial charge in [0.05, 0.1) is 6.54 Å². The number of carboxylic acids is 1. The molecule has 0 aliphatic carbocycles. The standard InChI is InChI=1S/C16H21N3O4/c1-3-4-15-17-14(18-23-15)10-19(2)9-12-5-7-13(8-6-12)22-11-16(20)21/h5-8H,3-4,9-11H2,1-2H3,(H,20,21). The average molecular weight is 319 g/mol. The Morgan fingerprint density at radius 2 is 2.04 bits per heavy atom. The molecule has 23 heavy (non-hydrogen) atoms. The summed E-state index contributed by atoms with van der Waals surface area (Å²) < 4.78 is 10.3. The van der Waals surface area contributed by atoms with Gasteiger partial charge in [0.15, 0.2) is 12.4 Å². The topological polar surface area (TPSA) is 88.7 Å². The van der Waals surface area contributed by atoms with Gasteiger partial charge in [-0.25, -0.2) is 4.79 Å². The summed E-state index contributed by atoms with van der Waals surface area (Å²) in [6.07, 6.45) is 1.78. The Hall–Kier alpha value is -2.41. The van der Waals surface area contributed by atoms with E-state index in [0.29, 0.717) is 24.0 Å². The van der Waals surface area contributed by atoms with Crippen LogP contribution in [0.15, 0.2) is 28.8 Å². The molecule has 0 fully saturated rings. The highest BCUT2D eigenvalue weighted by atomic mass is 16.5. The predicted molar refractivity (Wildman–Crippen MR) is 83.0 cm³/mol. The zero-order valence-electron chi connectivity index (χ0n) is 13.4. The van der Waals surface area contributed by atoms with Crippen LogP contribution in [0.5, 0.6) is 5.75 Å². The van der Waals surface area contributed by atoms with E-state index in [2.05, 4.69) is 22.0 Å². The van der Waals surface area contributed by atoms with Crippen molar-refractivity contribution in [1.29, 1.82) is 0 Å². The number of carboxylic acid groups (broad SMARTS) is 1. The molecular weight excluding hydrogens is 298 g/mol. The lowest BCUT2D eigenvalue weighted by Crippen LogP contribution is -2.18. The molecule has 0 amide bonds. The third kappa shape index (κ3) is 5.71. The zero-order chi connectivity index (χ0) is 16.7. The highest BCUT2D eigenvalue weighted by molar-refractivity contribution is 5.68. The number of rotatable bonds is 9. The Balaban J connectivity index is 1.84. The number of aromatic nitrogens is 2. The van der Waals surface area contributed by atoms with Crippen LogP contribution >= 0.6 is 0 Å². The lowest BCUT2D eigenvalue weighted by Gasteiger charge is -2.14. The molecule has 0 unspecified atom stereocenters. The van der Waals surface area contributed by atoms with Gasteiger partial charge in [-0.1, -0.05) is 24.2 Å². The summed E-state index contributed by atoms with van der Waals surface area (Å²) in [4.78, 5) is 16.9. The lowest BCUT2D eigenvalue weighted by molar-refractivity contribution is -0.139. The molecular formula is C16H21N3O4. The number of hydrogen-bond donors (Lipinski definition) is 1. The normalized spacial score (nSPS) is 10.9. The maximum atomic E-state index is 10.5. The molecule has 0 saturated heterocycles. The van der Waals surface area contributed by atoms with Crippen LogP contribution in [0.3, 0.4) is 0 Å². The first-order chi connectivity index (χ1) is 11.1. The summed E-state index contributed by atoms with van der Waals surface area (Å²) in [5.74, 6) is 0.908. The second-order valence-corrected chi connectivity index (χ2v) is 5.35. The van der Waals surface area contributed by atoms with Crippen LogP contribution in [-0.4, -0.2) is 39.8 Å². The van der Waals surface area contributed by atoms with Crippen LogP contribution in [0, 0.1) is 0 Å². The summed E-state index contributed by atoms with van der Waals surface area (Å²) in [6.45, 7) is 3.05. The molecule has 0 radical (unpaired) electrons. The van der Waals surface area contributed by atoms with Gasteiger partial charge < -0.3 is 14.4 Å². The van der Waals surface area contributed by atoms with E-state index < -0.39 is 5.97 Å². The average Bonchev–Trinajstić information content (AvgIpc) is 2.94. The van der Waals surface area contributed by atoms with Crippen molar-refractivity contribution in [2.75, 3.05) is 13.7 Å². The minimum atomic E-state index is -0.989. The monoisotopic (exact) mass is 319 g/mol. The van der Waals surface area contributed by atoms with Crippen LogP contribution in [-0.2, 0) is 24.3 Å². The van der Waals surface area contributed by atoms with E-state index in [0.717, 1.165) is 24.9 Å². The zero-order valence-corrected chi connectivity index (χ0v) is 13.4. The van der Waals surface area contributed by atoms with Crippen molar-refractivity contribution in [2.45, 2.75) is 32.9 Å². The number of nitrogens with zero attached hydrogens (tertiary/aromatic N) is 3. The third-order valence-corrected chi connectivity index (χ3v) is 3.12. The summed E-state index contributed by atoms with van der Waals surface area (Å²) in [5.41, 5.74) is 1.09. The molecule has 0 aliphatic heterocycles. The Bertz CT molecular complexity index is 625. The van der Waals surface area contributed by atoms with Gasteiger partial charge in [0, 0.05) is 13.0 Å². The van der Waals surface area contributed by atoms with Crippen molar-refractivity contribution >= 4 is 5.97 Å². The van der Waals surface area contributed by atoms with Crippen molar-refractivity contribution in [1.82, 2.24) is 15.0 Å². The largest absolute Gasteiger partial charge is 0.482 e. The van der Waals surface area contributed by atoms with E-state index in [1.807, 2.05) is 19.2 Å². The number of carbonyl (C=O) groups is 1. The van der Waals surface area contributed by atoms with Gasteiger partial charge >= 0.3 is 5.97 Å². The van der Waals surface area contributed by atoms with E-state index >= 15 is 0 Å². The van der Waals surface area contributed by atoms with Gasteiger partial charge in [0.2, 0.25) is 5.89 Å². The molecule has 0 saturated carbocycles. The number of hydrogen-bond acceptors (Lipinski definition) is 6. The molecule has 2 rings (SSSR count). The fourth-order valence-electron chi connectivity index (χ4n) is 2.11. The van der Waals surface area contributed by atoms with Crippen LogP contribution in [0.25, 0.3) is 0 Å². The maximum Gasteiger partial charge on any atom is 0.341 e. The van der Waals surface area contributed by atoms with Crippen LogP contribution in [0.1, 0.15) is 30.6 Å². The smallest absolute Gasteiger partial charge is 0.341 e. The summed E-state index contributed by atoms with van der Waals surface area (Å²) in [5, 5.41) is 12.5. The van der Waals surface area contributed by atoms with Crippen LogP contribution in [0.2, 0.25) is 0 Å². The first-order valence-electron chi connectivity index (χ1n) is 7.50. The summed E-state index contributed by atoms with van der Waals surface area (Å²) in [6, 6.07) is 7.35. The van der Waals surface area contributed by atoms with E-state index in [9.17, 15) is 4.79 Å². The molecule has 7 nitrogen and oxygen atoms in total. The molecule has 0 aliphatic rings. The fraction of sp³-hybridized carbons (Fsp3) is 0.438. The van der Waals surface area contributed by atoms with Crippen molar-refractivity contribution in [3.8, 4) is 5.75 Å². The minimum Gasteiger partial charge on any atom is -0.482 e. The number of ether oxygens (including phenoxy) is 1. The van der Waals surface area contributed by atoms with Crippen molar-refractivity contribution in [3.05, 3.63) is 41.5 Å². The molecule has 124 valence electrons. The number of benzene rings is 1. The summed E-state index contributed by atoms with van der Waals surface area (Å²) >= 11 is 0. The predicted octanol–water partition coefficient (Wildman–Crippen LogP) is 2.12. The molecule has 1 N–H and O–H groups in total. The van der Waals surface area contributed by atoms with Crippen molar-refractivity contribution in [3.63, 3.8) is 0 Å². The lowest BCUT2D eigenvalue weighted by atomic mass is 10.2. The van der Waals surface area contributed by atoms with Gasteiger partial charge in [0.1, 0.15) is 5.75 Å². The summed E-state index contributed by atoms with van der Waals surface area (Å²) in [7, 11) is 1.98. The molecule has 7 heteroatoms. The van der Waals surface area contributed by atoms with Gasteiger partial charge in [-0.05, 0) is 31.2 Å². The van der Waals surface area contributed by atoms with E-state index in [1.165, 1.54) is 0 Å². The molecule has 1 aromatic carbocycles. The Morgan fingerprint density at radius 1 is 1.30 bits per heavy atom. The quantitative estimate of drug-likeness (QED) is 0.757. The maximum absolute atomic E-state index is 10.5. The molecule has 1 heterocycles.